The lowest BCUT2D eigenvalue weighted by molar-refractivity contribution is -0.576. The number of pyridine rings is 1. The Morgan fingerprint density at radius 1 is 1.26 bits per heavy atom. The molecule has 19 heavy (non-hydrogen) atoms. The van der Waals surface area contributed by atoms with Crippen LogP contribution < -0.4 is 4.57 Å². The highest BCUT2D eigenvalue weighted by Gasteiger charge is 2.25. The van der Waals surface area contributed by atoms with E-state index in [1.165, 1.54) is 18.9 Å². The summed E-state index contributed by atoms with van der Waals surface area (Å²) in [5.41, 5.74) is 0.420. The molecule has 0 saturated heterocycles. The highest BCUT2D eigenvalue weighted by molar-refractivity contribution is 8.15. The molecule has 0 unspecified atom stereocenters. The smallest absolute Gasteiger partial charge is 0.405 e. The van der Waals surface area contributed by atoms with E-state index in [1.807, 2.05) is 49.0 Å². The summed E-state index contributed by atoms with van der Waals surface area (Å²) in [6.07, 6.45) is 5.60. The second-order valence-corrected chi connectivity index (χ2v) is 5.40. The van der Waals surface area contributed by atoms with Gasteiger partial charge in [-0.25, -0.2) is 4.79 Å². The number of thiol groups is 1. The number of hydrogen-bond acceptors (Lipinski definition) is 4. The monoisotopic (exact) mass is 292 g/mol. The summed E-state index contributed by atoms with van der Waals surface area (Å²) < 4.78 is 7.18. The minimum Gasteiger partial charge on any atom is -0.461 e. The van der Waals surface area contributed by atoms with Crippen molar-refractivity contribution in [1.82, 2.24) is 0 Å². The Balaban J connectivity index is 2.60. The molecule has 0 saturated carbocycles. The average molecular weight is 292 g/mol. The maximum Gasteiger partial charge on any atom is 0.405 e. The molecule has 0 radical (unpaired) electrons. The van der Waals surface area contributed by atoms with Crippen LogP contribution in [0.4, 0.5) is 0 Å². The average Bonchev–Trinajstić information content (AvgIpc) is 2.46. The van der Waals surface area contributed by atoms with Crippen LogP contribution in [0.25, 0.3) is 16.5 Å². The van der Waals surface area contributed by atoms with Crippen LogP contribution in [0.2, 0.25) is 0 Å². The lowest BCUT2D eigenvalue weighted by atomic mass is 10.2. The Morgan fingerprint density at radius 3 is 2.58 bits per heavy atom. The van der Waals surface area contributed by atoms with Gasteiger partial charge < -0.3 is 4.74 Å². The van der Waals surface area contributed by atoms with Crippen LogP contribution in [0.5, 0.6) is 0 Å². The Hall–Kier alpha value is -1.46. The fourth-order valence-corrected chi connectivity index (χ4v) is 2.36. The Morgan fingerprint density at radius 2 is 1.95 bits per heavy atom. The standard InChI is InChI=1S/C14H13NO2S2/c1-17-13(16)12(14(18)19-2)15-8-7-10-5-3-4-6-11(10)9-15/h3-9H,1-2H3/p+1. The number of esters is 1. The molecule has 0 bridgehead atoms. The van der Waals surface area contributed by atoms with Crippen molar-refractivity contribution >= 4 is 46.8 Å². The molecule has 0 amide bonds. The molecule has 1 aromatic heterocycles. The second-order valence-electron chi connectivity index (χ2n) is 3.83. The zero-order valence-corrected chi connectivity index (χ0v) is 12.4. The van der Waals surface area contributed by atoms with E-state index in [0.29, 0.717) is 9.93 Å². The zero-order valence-electron chi connectivity index (χ0n) is 10.7. The van der Waals surface area contributed by atoms with E-state index in [1.54, 1.807) is 4.57 Å². The molecule has 1 heterocycles. The van der Waals surface area contributed by atoms with Gasteiger partial charge in [0, 0.05) is 11.5 Å². The van der Waals surface area contributed by atoms with Gasteiger partial charge in [-0.1, -0.05) is 18.2 Å². The summed E-state index contributed by atoms with van der Waals surface area (Å²) in [6, 6.07) is 9.93. The third-order valence-corrected chi connectivity index (χ3v) is 4.06. The Labute approximate surface area is 121 Å². The molecule has 0 atom stereocenters. The third-order valence-electron chi connectivity index (χ3n) is 2.72. The number of benzene rings is 1. The van der Waals surface area contributed by atoms with Crippen LogP contribution in [0, 0.1) is 0 Å². The van der Waals surface area contributed by atoms with Gasteiger partial charge in [0.25, 0.3) is 0 Å². The second kappa shape index (κ2) is 6.12. The number of rotatable bonds is 3. The largest absolute Gasteiger partial charge is 0.461 e. The predicted octanol–water partition coefficient (Wildman–Crippen LogP) is 2.72. The first kappa shape index (κ1) is 14.0. The summed E-state index contributed by atoms with van der Waals surface area (Å²) in [5.74, 6) is -0.403. The molecule has 2 aromatic rings. The van der Waals surface area contributed by atoms with Crippen molar-refractivity contribution in [1.29, 1.82) is 0 Å². The lowest BCUT2D eigenvalue weighted by Gasteiger charge is -2.03. The van der Waals surface area contributed by atoms with Crippen molar-refractivity contribution in [3.05, 3.63) is 47.0 Å². The topological polar surface area (TPSA) is 30.2 Å². The van der Waals surface area contributed by atoms with Crippen molar-refractivity contribution in [3.8, 4) is 0 Å². The summed E-state index contributed by atoms with van der Waals surface area (Å²) in [7, 11) is 1.37. The van der Waals surface area contributed by atoms with Gasteiger partial charge in [0.15, 0.2) is 12.4 Å². The van der Waals surface area contributed by atoms with E-state index < -0.39 is 5.97 Å². The number of carbonyl (C=O) groups excluding carboxylic acids is 1. The number of hydrogen-bond donors (Lipinski definition) is 1. The van der Waals surface area contributed by atoms with Gasteiger partial charge in [-0.2, -0.15) is 4.57 Å². The van der Waals surface area contributed by atoms with Crippen molar-refractivity contribution in [2.24, 2.45) is 0 Å². The molecule has 0 fully saturated rings. The summed E-state index contributed by atoms with van der Waals surface area (Å²) in [4.78, 5) is 11.9. The van der Waals surface area contributed by atoms with E-state index >= 15 is 0 Å². The van der Waals surface area contributed by atoms with Crippen LogP contribution in [-0.4, -0.2) is 19.3 Å². The van der Waals surface area contributed by atoms with E-state index in [2.05, 4.69) is 12.6 Å². The number of methoxy groups -OCH3 is 1. The Bertz CT molecular complexity index is 653. The van der Waals surface area contributed by atoms with Gasteiger partial charge in [-0.15, -0.1) is 24.4 Å². The summed E-state index contributed by atoms with van der Waals surface area (Å²) in [6.45, 7) is 0. The first-order valence-electron chi connectivity index (χ1n) is 5.63. The molecule has 3 nitrogen and oxygen atoms in total. The van der Waals surface area contributed by atoms with Gasteiger partial charge in [-0.05, 0) is 17.7 Å². The van der Waals surface area contributed by atoms with Crippen molar-refractivity contribution in [2.75, 3.05) is 13.4 Å². The highest BCUT2D eigenvalue weighted by Crippen LogP contribution is 2.22. The molecule has 5 heteroatoms. The lowest BCUT2D eigenvalue weighted by Crippen LogP contribution is -2.36. The molecule has 98 valence electrons. The van der Waals surface area contributed by atoms with E-state index in [0.717, 1.165) is 10.8 Å². The van der Waals surface area contributed by atoms with Crippen molar-refractivity contribution in [2.45, 2.75) is 0 Å². The number of ether oxygens (including phenoxy) is 1. The number of fused-ring (bicyclic) bond motifs is 1. The number of thioether (sulfide) groups is 1. The van der Waals surface area contributed by atoms with Gasteiger partial charge in [0.2, 0.25) is 0 Å². The van der Waals surface area contributed by atoms with Crippen LogP contribution in [0.3, 0.4) is 0 Å². The SMILES string of the molecule is COC(=O)/C(=C(/S)SC)[n+]1ccc2ccccc2c1. The van der Waals surface area contributed by atoms with Crippen molar-refractivity contribution < 1.29 is 14.1 Å². The summed E-state index contributed by atoms with van der Waals surface area (Å²) >= 11 is 5.74. The molecule has 0 aliphatic rings. The number of carbonyl (C=O) groups is 1. The minimum atomic E-state index is -0.403. The van der Waals surface area contributed by atoms with Crippen LogP contribution >= 0.6 is 24.4 Å². The minimum absolute atomic E-state index is 0.403. The Kier molecular flexibility index (Phi) is 4.50. The van der Waals surface area contributed by atoms with Crippen LogP contribution in [-0.2, 0) is 9.53 Å². The highest BCUT2D eigenvalue weighted by atomic mass is 32.2. The molecule has 0 spiro atoms. The quantitative estimate of drug-likeness (QED) is 0.408. The maximum absolute atomic E-state index is 11.9. The third kappa shape index (κ3) is 2.93. The first-order valence-corrected chi connectivity index (χ1v) is 7.30. The normalized spacial score (nSPS) is 12.2. The van der Waals surface area contributed by atoms with Crippen molar-refractivity contribution in [3.63, 3.8) is 0 Å². The van der Waals surface area contributed by atoms with E-state index in [4.69, 9.17) is 4.74 Å². The fraction of sp³-hybridized carbons (Fsp3) is 0.143. The fourth-order valence-electron chi connectivity index (χ4n) is 1.77. The molecule has 2 rings (SSSR count). The van der Waals surface area contributed by atoms with Gasteiger partial charge in [-0.3, -0.25) is 0 Å². The molecule has 0 aliphatic carbocycles. The van der Waals surface area contributed by atoms with Gasteiger partial charge >= 0.3 is 11.7 Å². The van der Waals surface area contributed by atoms with Crippen LogP contribution in [0.1, 0.15) is 0 Å². The molecule has 0 aliphatic heterocycles. The molecular weight excluding hydrogens is 278 g/mol. The van der Waals surface area contributed by atoms with E-state index in [9.17, 15) is 4.79 Å². The van der Waals surface area contributed by atoms with Gasteiger partial charge in [0.1, 0.15) is 4.24 Å². The molecule has 0 N–H and O–H groups in total. The first-order chi connectivity index (χ1) is 9.17. The molecular formula is C14H14NO2S2+. The number of aromatic nitrogens is 1. The molecule has 1 aromatic carbocycles. The van der Waals surface area contributed by atoms with Gasteiger partial charge in [0.05, 0.1) is 7.11 Å². The van der Waals surface area contributed by atoms with E-state index in [-0.39, 0.29) is 0 Å². The maximum atomic E-state index is 11.9. The zero-order chi connectivity index (χ0) is 13.8. The summed E-state index contributed by atoms with van der Waals surface area (Å²) in [5, 5.41) is 2.17. The predicted molar refractivity (Wildman–Crippen MR) is 81.9 cm³/mol. The number of nitrogens with zero attached hydrogens (tertiary/aromatic N) is 1. The van der Waals surface area contributed by atoms with Crippen LogP contribution in [0.15, 0.2) is 47.0 Å².